The summed E-state index contributed by atoms with van der Waals surface area (Å²) in [6.07, 6.45) is 0. The average molecular weight is 256 g/mol. The van der Waals surface area contributed by atoms with Gasteiger partial charge < -0.3 is 5.43 Å². The molecule has 2 aromatic rings. The molecule has 0 saturated carbocycles. The number of nitrogen functional groups attached to an aromatic ring is 1. The minimum absolute atomic E-state index is 0.122. The van der Waals surface area contributed by atoms with Gasteiger partial charge in [0, 0.05) is 16.5 Å². The van der Waals surface area contributed by atoms with E-state index in [0.717, 1.165) is 22.6 Å². The van der Waals surface area contributed by atoms with E-state index in [1.807, 2.05) is 37.3 Å². The minimum atomic E-state index is -0.122. The van der Waals surface area contributed by atoms with Gasteiger partial charge >= 0.3 is 0 Å². The van der Waals surface area contributed by atoms with Gasteiger partial charge in [0.1, 0.15) is 11.6 Å². The van der Waals surface area contributed by atoms with Crippen LogP contribution in [0.4, 0.5) is 5.82 Å². The van der Waals surface area contributed by atoms with Crippen LogP contribution in [0.1, 0.15) is 32.2 Å². The fraction of sp³-hybridized carbons (Fsp3) is 0.333. The van der Waals surface area contributed by atoms with Crippen molar-refractivity contribution in [2.24, 2.45) is 5.84 Å². The van der Waals surface area contributed by atoms with Crippen molar-refractivity contribution in [2.75, 3.05) is 5.43 Å². The van der Waals surface area contributed by atoms with E-state index < -0.39 is 0 Å². The van der Waals surface area contributed by atoms with Gasteiger partial charge in [0.15, 0.2) is 0 Å². The van der Waals surface area contributed by atoms with Crippen molar-refractivity contribution in [1.29, 1.82) is 0 Å². The third kappa shape index (κ3) is 2.74. The van der Waals surface area contributed by atoms with Gasteiger partial charge in [-0.05, 0) is 6.92 Å². The smallest absolute Gasteiger partial charge is 0.147 e. The number of nitrogens with two attached hydrogens (primary N) is 1. The van der Waals surface area contributed by atoms with Crippen molar-refractivity contribution in [3.63, 3.8) is 0 Å². The molecule has 0 radical (unpaired) electrons. The number of aromatic nitrogens is 2. The second kappa shape index (κ2) is 4.97. The molecule has 3 N–H and O–H groups in total. The van der Waals surface area contributed by atoms with Crippen molar-refractivity contribution in [2.45, 2.75) is 33.1 Å². The van der Waals surface area contributed by atoms with Crippen molar-refractivity contribution in [3.05, 3.63) is 41.7 Å². The molecule has 0 aliphatic carbocycles. The Morgan fingerprint density at radius 1 is 1.05 bits per heavy atom. The molecule has 0 bridgehead atoms. The number of rotatable bonds is 2. The van der Waals surface area contributed by atoms with E-state index in [-0.39, 0.29) is 5.41 Å². The highest BCUT2D eigenvalue weighted by Gasteiger charge is 2.21. The zero-order chi connectivity index (χ0) is 14.0. The number of nitrogens with zero attached hydrogens (tertiary/aromatic N) is 2. The van der Waals surface area contributed by atoms with Gasteiger partial charge in [0.2, 0.25) is 0 Å². The number of anilines is 1. The third-order valence-electron chi connectivity index (χ3n) is 3.00. The zero-order valence-electron chi connectivity index (χ0n) is 11.9. The van der Waals surface area contributed by atoms with Gasteiger partial charge in [-0.3, -0.25) is 0 Å². The van der Waals surface area contributed by atoms with Gasteiger partial charge in [-0.1, -0.05) is 51.1 Å². The molecule has 0 spiro atoms. The molecule has 0 saturated heterocycles. The number of hydrogen-bond acceptors (Lipinski definition) is 4. The number of benzene rings is 1. The van der Waals surface area contributed by atoms with Crippen LogP contribution >= 0.6 is 0 Å². The van der Waals surface area contributed by atoms with Crippen LogP contribution in [-0.4, -0.2) is 9.97 Å². The van der Waals surface area contributed by atoms with E-state index in [9.17, 15) is 0 Å². The second-order valence-corrected chi connectivity index (χ2v) is 5.63. The Balaban J connectivity index is 2.66. The maximum atomic E-state index is 5.57. The van der Waals surface area contributed by atoms with E-state index >= 15 is 0 Å². The molecular weight excluding hydrogens is 236 g/mol. The summed E-state index contributed by atoms with van der Waals surface area (Å²) in [6, 6.07) is 10.1. The first kappa shape index (κ1) is 13.5. The molecule has 0 atom stereocenters. The Hall–Kier alpha value is -1.94. The summed E-state index contributed by atoms with van der Waals surface area (Å²) in [5.41, 5.74) is 5.50. The van der Waals surface area contributed by atoms with Crippen LogP contribution in [0.15, 0.2) is 30.3 Å². The molecule has 0 amide bonds. The van der Waals surface area contributed by atoms with Crippen molar-refractivity contribution in [1.82, 2.24) is 9.97 Å². The van der Waals surface area contributed by atoms with Crippen LogP contribution in [-0.2, 0) is 5.41 Å². The third-order valence-corrected chi connectivity index (χ3v) is 3.00. The highest BCUT2D eigenvalue weighted by atomic mass is 15.3. The summed E-state index contributed by atoms with van der Waals surface area (Å²) >= 11 is 0. The molecule has 4 nitrogen and oxygen atoms in total. The molecule has 2 rings (SSSR count). The van der Waals surface area contributed by atoms with Gasteiger partial charge in [0.05, 0.1) is 5.69 Å². The summed E-state index contributed by atoms with van der Waals surface area (Å²) in [5, 5.41) is 0. The Bertz CT molecular complexity index is 571. The molecule has 0 fully saturated rings. The first-order valence-corrected chi connectivity index (χ1v) is 6.34. The topological polar surface area (TPSA) is 63.8 Å². The van der Waals surface area contributed by atoms with Crippen LogP contribution in [0.2, 0.25) is 0 Å². The minimum Gasteiger partial charge on any atom is -0.308 e. The quantitative estimate of drug-likeness (QED) is 0.640. The van der Waals surface area contributed by atoms with Crippen LogP contribution < -0.4 is 11.3 Å². The zero-order valence-corrected chi connectivity index (χ0v) is 11.9. The lowest BCUT2D eigenvalue weighted by Crippen LogP contribution is -2.20. The maximum absolute atomic E-state index is 5.57. The molecule has 1 aromatic carbocycles. The Kier molecular flexibility index (Phi) is 3.53. The molecule has 4 heteroatoms. The Morgan fingerprint density at radius 2 is 1.68 bits per heavy atom. The fourth-order valence-corrected chi connectivity index (χ4v) is 1.87. The van der Waals surface area contributed by atoms with Gasteiger partial charge in [0.25, 0.3) is 0 Å². The van der Waals surface area contributed by atoms with Crippen molar-refractivity contribution in [3.8, 4) is 11.3 Å². The van der Waals surface area contributed by atoms with E-state index in [1.165, 1.54) is 0 Å². The summed E-state index contributed by atoms with van der Waals surface area (Å²) in [5.74, 6) is 7.03. The number of hydrazine groups is 1. The summed E-state index contributed by atoms with van der Waals surface area (Å²) in [7, 11) is 0. The Labute approximate surface area is 114 Å². The van der Waals surface area contributed by atoms with E-state index in [1.54, 1.807) is 0 Å². The first-order valence-electron chi connectivity index (χ1n) is 6.34. The maximum Gasteiger partial charge on any atom is 0.147 e. The van der Waals surface area contributed by atoms with Crippen molar-refractivity contribution >= 4 is 5.82 Å². The number of nitrogens with one attached hydrogen (secondary N) is 1. The lowest BCUT2D eigenvalue weighted by Gasteiger charge is -2.20. The summed E-state index contributed by atoms with van der Waals surface area (Å²) in [4.78, 5) is 9.22. The van der Waals surface area contributed by atoms with E-state index in [2.05, 4.69) is 31.2 Å². The molecule has 100 valence electrons. The van der Waals surface area contributed by atoms with Crippen LogP contribution in [0.3, 0.4) is 0 Å². The summed E-state index contributed by atoms with van der Waals surface area (Å²) < 4.78 is 0. The molecule has 19 heavy (non-hydrogen) atoms. The van der Waals surface area contributed by atoms with Gasteiger partial charge in [-0.2, -0.15) is 0 Å². The lowest BCUT2D eigenvalue weighted by atomic mass is 9.95. The molecule has 1 heterocycles. The van der Waals surface area contributed by atoms with Crippen LogP contribution in [0, 0.1) is 6.92 Å². The lowest BCUT2D eigenvalue weighted by molar-refractivity contribution is 0.546. The summed E-state index contributed by atoms with van der Waals surface area (Å²) in [6.45, 7) is 8.25. The van der Waals surface area contributed by atoms with Gasteiger partial charge in [-0.25, -0.2) is 15.8 Å². The van der Waals surface area contributed by atoms with Crippen molar-refractivity contribution < 1.29 is 0 Å². The normalized spacial score (nSPS) is 11.4. The standard InChI is InChI=1S/C15H20N4/c1-10-12(11-8-6-5-7-9-11)17-14(15(2,3)4)18-13(10)19-16/h5-9H,16H2,1-4H3,(H,17,18,19). The molecular formula is C15H20N4. The van der Waals surface area contributed by atoms with E-state index in [4.69, 9.17) is 10.8 Å². The predicted molar refractivity (Wildman–Crippen MR) is 78.7 cm³/mol. The molecule has 0 aliphatic heterocycles. The van der Waals surface area contributed by atoms with Gasteiger partial charge in [-0.15, -0.1) is 0 Å². The van der Waals surface area contributed by atoms with E-state index in [0.29, 0.717) is 5.82 Å². The molecule has 0 aliphatic rings. The second-order valence-electron chi connectivity index (χ2n) is 5.63. The first-order chi connectivity index (χ1) is 8.93. The van der Waals surface area contributed by atoms with Crippen LogP contribution in [0.25, 0.3) is 11.3 Å². The monoisotopic (exact) mass is 256 g/mol. The SMILES string of the molecule is Cc1c(NN)nc(C(C)(C)C)nc1-c1ccccc1. The fourth-order valence-electron chi connectivity index (χ4n) is 1.87. The number of hydrogen-bond donors (Lipinski definition) is 2. The average Bonchev–Trinajstić information content (AvgIpc) is 2.38. The largest absolute Gasteiger partial charge is 0.308 e. The Morgan fingerprint density at radius 3 is 2.21 bits per heavy atom. The highest BCUT2D eigenvalue weighted by molar-refractivity contribution is 5.68. The van der Waals surface area contributed by atoms with Crippen LogP contribution in [0.5, 0.6) is 0 Å². The predicted octanol–water partition coefficient (Wildman–Crippen LogP) is 3.04. The highest BCUT2D eigenvalue weighted by Crippen LogP contribution is 2.28. The molecule has 1 aromatic heterocycles. The molecule has 0 unspecified atom stereocenters.